The number of nitrogens with zero attached hydrogens (tertiary/aromatic N) is 1. The van der Waals surface area contributed by atoms with Crippen molar-refractivity contribution in [1.82, 2.24) is 9.55 Å². The second-order valence-electron chi connectivity index (χ2n) is 10.8. The topological polar surface area (TPSA) is 101 Å². The van der Waals surface area contributed by atoms with E-state index in [0.717, 1.165) is 43.1 Å². The predicted octanol–water partition coefficient (Wildman–Crippen LogP) is 3.50. The number of aryl methyl sites for hydroxylation is 1. The lowest BCUT2D eigenvalue weighted by Gasteiger charge is -2.59. The molecule has 180 valence electrons. The normalized spacial score (nSPS) is 30.2. The number of H-pyrrole nitrogens is 1. The van der Waals surface area contributed by atoms with Crippen LogP contribution in [0.4, 0.5) is 0 Å². The van der Waals surface area contributed by atoms with Gasteiger partial charge in [0.1, 0.15) is 16.9 Å². The molecule has 4 fully saturated rings. The van der Waals surface area contributed by atoms with Crippen molar-refractivity contribution in [3.63, 3.8) is 0 Å². The smallest absolute Gasteiger partial charge is 0.274 e. The monoisotopic (exact) mass is 482 g/mol. The maximum Gasteiger partial charge on any atom is 0.274 e. The van der Waals surface area contributed by atoms with Crippen LogP contribution < -0.4 is 10.3 Å². The quantitative estimate of drug-likeness (QED) is 0.580. The van der Waals surface area contributed by atoms with E-state index in [1.165, 1.54) is 10.8 Å². The lowest BCUT2D eigenvalue weighted by molar-refractivity contribution is -0.145. The molecule has 7 rings (SSSR count). The van der Waals surface area contributed by atoms with Gasteiger partial charge in [0.15, 0.2) is 9.84 Å². The largest absolute Gasteiger partial charge is 0.487 e. The maximum atomic E-state index is 12.6. The van der Waals surface area contributed by atoms with Gasteiger partial charge in [0, 0.05) is 48.8 Å². The highest BCUT2D eigenvalue weighted by Crippen LogP contribution is 2.59. The van der Waals surface area contributed by atoms with E-state index >= 15 is 0 Å². The van der Waals surface area contributed by atoms with Gasteiger partial charge in [-0.05, 0) is 80.0 Å². The van der Waals surface area contributed by atoms with Crippen LogP contribution in [0.25, 0.3) is 22.0 Å². The molecular weight excluding hydrogens is 452 g/mol. The minimum absolute atomic E-state index is 0.137. The molecule has 2 unspecified atom stereocenters. The third-order valence-corrected chi connectivity index (χ3v) is 9.62. The van der Waals surface area contributed by atoms with Gasteiger partial charge in [0.2, 0.25) is 0 Å². The molecule has 8 heteroatoms. The number of sulfone groups is 1. The molecule has 2 heterocycles. The Labute approximate surface area is 198 Å². The Morgan fingerprint density at radius 3 is 2.56 bits per heavy atom. The van der Waals surface area contributed by atoms with Crippen LogP contribution in [-0.2, 0) is 16.9 Å². The molecular formula is C26H30N2O5S. The average molecular weight is 483 g/mol. The Morgan fingerprint density at radius 2 is 1.88 bits per heavy atom. The Hall–Kier alpha value is -2.58. The Kier molecular flexibility index (Phi) is 4.81. The molecule has 34 heavy (non-hydrogen) atoms. The van der Waals surface area contributed by atoms with Crippen molar-refractivity contribution in [2.45, 2.75) is 42.6 Å². The summed E-state index contributed by atoms with van der Waals surface area (Å²) in [5, 5.41) is 10.7. The lowest BCUT2D eigenvalue weighted by atomic mass is 9.50. The third kappa shape index (κ3) is 3.33. The molecule has 0 aliphatic heterocycles. The summed E-state index contributed by atoms with van der Waals surface area (Å²) >= 11 is 0. The molecule has 1 aromatic carbocycles. The molecule has 0 radical (unpaired) electrons. The van der Waals surface area contributed by atoms with Crippen LogP contribution in [0.15, 0.2) is 46.3 Å². The zero-order valence-corrected chi connectivity index (χ0v) is 20.3. The van der Waals surface area contributed by atoms with Crippen molar-refractivity contribution in [3.05, 3.63) is 47.0 Å². The summed E-state index contributed by atoms with van der Waals surface area (Å²) in [5.41, 5.74) is 1.49. The molecule has 0 saturated heterocycles. The number of benzene rings is 1. The van der Waals surface area contributed by atoms with Crippen LogP contribution in [-0.4, -0.2) is 41.5 Å². The van der Waals surface area contributed by atoms with Gasteiger partial charge in [0.05, 0.1) is 4.90 Å². The summed E-state index contributed by atoms with van der Waals surface area (Å²) in [4.78, 5) is 15.9. The van der Waals surface area contributed by atoms with Gasteiger partial charge < -0.3 is 19.4 Å². The highest BCUT2D eigenvalue weighted by atomic mass is 32.2. The van der Waals surface area contributed by atoms with Gasteiger partial charge >= 0.3 is 0 Å². The van der Waals surface area contributed by atoms with E-state index in [1.54, 1.807) is 37.6 Å². The number of hydrogen-bond acceptors (Lipinski definition) is 5. The fraction of sp³-hybridized carbons (Fsp3) is 0.500. The van der Waals surface area contributed by atoms with Crippen molar-refractivity contribution in [2.24, 2.45) is 30.7 Å². The van der Waals surface area contributed by atoms with Gasteiger partial charge in [-0.2, -0.15) is 0 Å². The minimum Gasteiger partial charge on any atom is -0.487 e. The standard InChI is InChI=1S/C26H30N2O5S/c1-28-13-21(19-5-6-27-24(19)25(28)30)20-9-18(34(2,31)32)3-4-23(20)33-26-10-15-7-16(11-26)22(14-29)17(8-15)12-26/h3-6,9,13,15-17,22,27,29H,7-8,10-12,14H2,1-2H3. The number of aromatic amines is 1. The van der Waals surface area contributed by atoms with Crippen LogP contribution in [0, 0.1) is 23.7 Å². The number of hydrogen-bond donors (Lipinski definition) is 2. The van der Waals surface area contributed by atoms with E-state index < -0.39 is 9.84 Å². The van der Waals surface area contributed by atoms with Crippen molar-refractivity contribution < 1.29 is 18.3 Å². The van der Waals surface area contributed by atoms with Gasteiger partial charge in [-0.3, -0.25) is 4.79 Å². The average Bonchev–Trinajstić information content (AvgIpc) is 3.25. The van der Waals surface area contributed by atoms with Gasteiger partial charge in [-0.15, -0.1) is 0 Å². The van der Waals surface area contributed by atoms with Crippen LogP contribution in [0.5, 0.6) is 5.75 Å². The number of fused-ring (bicyclic) bond motifs is 1. The molecule has 3 aromatic rings. The molecule has 2 aromatic heterocycles. The molecule has 2 N–H and O–H groups in total. The summed E-state index contributed by atoms with van der Waals surface area (Å²) in [6, 6.07) is 6.91. The molecule has 4 aliphatic carbocycles. The van der Waals surface area contributed by atoms with E-state index in [4.69, 9.17) is 4.74 Å². The summed E-state index contributed by atoms with van der Waals surface area (Å²) in [7, 11) is -1.74. The van der Waals surface area contributed by atoms with Gasteiger partial charge in [-0.1, -0.05) is 0 Å². The van der Waals surface area contributed by atoms with Crippen molar-refractivity contribution in [2.75, 3.05) is 12.9 Å². The number of nitrogens with one attached hydrogen (secondary N) is 1. The van der Waals surface area contributed by atoms with Crippen molar-refractivity contribution in [1.29, 1.82) is 0 Å². The summed E-state index contributed by atoms with van der Waals surface area (Å²) < 4.78 is 33.2. The first kappa shape index (κ1) is 21.9. The Bertz CT molecular complexity index is 1440. The van der Waals surface area contributed by atoms with Gasteiger partial charge in [0.25, 0.3) is 5.56 Å². The van der Waals surface area contributed by atoms with E-state index in [-0.39, 0.29) is 22.7 Å². The number of pyridine rings is 1. The van der Waals surface area contributed by atoms with Gasteiger partial charge in [-0.25, -0.2) is 8.42 Å². The Morgan fingerprint density at radius 1 is 1.15 bits per heavy atom. The van der Waals surface area contributed by atoms with Crippen LogP contribution in [0.2, 0.25) is 0 Å². The molecule has 0 amide bonds. The predicted molar refractivity (Wildman–Crippen MR) is 130 cm³/mol. The number of rotatable bonds is 5. The second kappa shape index (κ2) is 7.46. The van der Waals surface area contributed by atoms with E-state index in [1.807, 2.05) is 6.07 Å². The highest BCUT2D eigenvalue weighted by molar-refractivity contribution is 7.90. The summed E-state index contributed by atoms with van der Waals surface area (Å²) in [6.07, 6.45) is 9.86. The lowest BCUT2D eigenvalue weighted by Crippen LogP contribution is -2.58. The number of aliphatic hydroxyl groups excluding tert-OH is 1. The minimum atomic E-state index is -3.43. The first-order valence-corrected chi connectivity index (χ1v) is 13.9. The highest BCUT2D eigenvalue weighted by Gasteiger charge is 2.56. The molecule has 2 atom stereocenters. The molecule has 4 bridgehead atoms. The number of aromatic nitrogens is 2. The van der Waals surface area contributed by atoms with Crippen molar-refractivity contribution >= 4 is 20.7 Å². The Balaban J connectivity index is 1.49. The first-order chi connectivity index (χ1) is 16.2. The zero-order chi connectivity index (χ0) is 23.8. The summed E-state index contributed by atoms with van der Waals surface area (Å²) in [5.74, 6) is 2.58. The van der Waals surface area contributed by atoms with E-state index in [0.29, 0.717) is 40.5 Å². The van der Waals surface area contributed by atoms with E-state index in [9.17, 15) is 18.3 Å². The maximum absolute atomic E-state index is 12.6. The van der Waals surface area contributed by atoms with Crippen LogP contribution in [0.1, 0.15) is 32.1 Å². The molecule has 4 aliphatic rings. The van der Waals surface area contributed by atoms with E-state index in [2.05, 4.69) is 4.98 Å². The molecule has 4 saturated carbocycles. The molecule has 7 nitrogen and oxygen atoms in total. The number of ether oxygens (including phenoxy) is 1. The van der Waals surface area contributed by atoms with Crippen LogP contribution >= 0.6 is 0 Å². The first-order valence-electron chi connectivity index (χ1n) is 12.0. The fourth-order valence-corrected chi connectivity index (χ4v) is 7.88. The summed E-state index contributed by atoms with van der Waals surface area (Å²) in [6.45, 7) is 0.246. The SMILES string of the molecule is Cn1cc(-c2cc(S(C)(=O)=O)ccc2OC23CC4CC(C2)C(CO)C(C4)C3)c2cc[nH]c2c1=O. The molecule has 0 spiro atoms. The van der Waals surface area contributed by atoms with Crippen LogP contribution in [0.3, 0.4) is 0 Å². The third-order valence-electron chi connectivity index (χ3n) is 8.51. The zero-order valence-electron chi connectivity index (χ0n) is 19.5. The van der Waals surface area contributed by atoms with Crippen molar-refractivity contribution in [3.8, 4) is 16.9 Å². The second-order valence-corrected chi connectivity index (χ2v) is 12.8. The number of aliphatic hydroxyl groups is 1. The fourth-order valence-electron chi connectivity index (χ4n) is 7.23.